The molecule has 2 atom stereocenters. The molecule has 0 fully saturated rings. The Hall–Kier alpha value is -5.06. The lowest BCUT2D eigenvalue weighted by Gasteiger charge is -2.16. The first-order valence-electron chi connectivity index (χ1n) is 10.4. The second-order valence-corrected chi connectivity index (χ2v) is 10.6. The molecule has 2 unspecified atom stereocenters. The monoisotopic (exact) mass is 593 g/mol. The number of carboxylic acids is 1. The van der Waals surface area contributed by atoms with Crippen molar-refractivity contribution in [2.24, 2.45) is 0 Å². The predicted molar refractivity (Wildman–Crippen MR) is 131 cm³/mol. The number of hydrogen-bond acceptors (Lipinski definition) is 13. The maximum absolute atomic E-state index is 12.2. The lowest BCUT2D eigenvalue weighted by atomic mass is 10.1. The van der Waals surface area contributed by atoms with Gasteiger partial charge in [0.2, 0.25) is 15.9 Å². The van der Waals surface area contributed by atoms with Crippen LogP contribution in [0.3, 0.4) is 0 Å². The zero-order valence-electron chi connectivity index (χ0n) is 19.9. The Morgan fingerprint density at radius 1 is 1.12 bits per heavy atom. The van der Waals surface area contributed by atoms with Crippen molar-refractivity contribution >= 4 is 38.3 Å². The number of rotatable bonds is 11. The summed E-state index contributed by atoms with van der Waals surface area (Å²) in [6.45, 7) is 0. The predicted octanol–water partition coefficient (Wildman–Crippen LogP) is 2.02. The normalized spacial score (nSPS) is 12.5. The summed E-state index contributed by atoms with van der Waals surface area (Å²) in [4.78, 5) is 40.1. The van der Waals surface area contributed by atoms with E-state index in [1.54, 1.807) is 6.07 Å². The standard InChI is InChI=1S/C21H15N5O12S2/c1-40(35,36)21-23-18(37-13-5-4-12(10-22)15(9-13)25(29)30)17(26(31)32)19(24-21)38-16(20(27)28)8-11-2-6-14(7-3-11)39(33)34/h2-7,9,16H,8H2,1H3,(H,27,28)(H,33,34). The molecule has 2 aromatic carbocycles. The minimum absolute atomic E-state index is 0.0191. The van der Waals surface area contributed by atoms with E-state index in [0.717, 1.165) is 18.2 Å². The quantitative estimate of drug-likeness (QED) is 0.139. The summed E-state index contributed by atoms with van der Waals surface area (Å²) in [6.07, 6.45) is -1.67. The molecule has 0 bridgehead atoms. The molecule has 0 amide bonds. The first-order valence-corrected chi connectivity index (χ1v) is 13.4. The number of benzene rings is 2. The Morgan fingerprint density at radius 3 is 2.25 bits per heavy atom. The van der Waals surface area contributed by atoms with Crippen LogP contribution in [-0.4, -0.2) is 60.4 Å². The van der Waals surface area contributed by atoms with Crippen molar-refractivity contribution in [3.05, 3.63) is 73.8 Å². The van der Waals surface area contributed by atoms with Gasteiger partial charge in [0, 0.05) is 12.7 Å². The first kappa shape index (κ1) is 29.5. The number of nitriles is 1. The van der Waals surface area contributed by atoms with Gasteiger partial charge in [-0.05, 0) is 29.8 Å². The highest BCUT2D eigenvalue weighted by Gasteiger charge is 2.34. The zero-order chi connectivity index (χ0) is 29.8. The molecule has 2 N–H and O–H groups in total. The van der Waals surface area contributed by atoms with Gasteiger partial charge in [0.25, 0.3) is 10.8 Å². The summed E-state index contributed by atoms with van der Waals surface area (Å²) >= 11 is -2.30. The lowest BCUT2D eigenvalue weighted by Crippen LogP contribution is -2.30. The number of sulfone groups is 1. The molecular formula is C21H15N5O12S2. The third-order valence-electron chi connectivity index (χ3n) is 4.89. The van der Waals surface area contributed by atoms with Crippen molar-refractivity contribution in [2.45, 2.75) is 22.6 Å². The molecule has 3 rings (SSSR count). The van der Waals surface area contributed by atoms with Crippen LogP contribution in [0.1, 0.15) is 11.1 Å². The van der Waals surface area contributed by atoms with E-state index in [1.165, 1.54) is 24.3 Å². The maximum Gasteiger partial charge on any atom is 0.392 e. The van der Waals surface area contributed by atoms with Crippen LogP contribution in [0.25, 0.3) is 0 Å². The summed E-state index contributed by atoms with van der Waals surface area (Å²) in [5.74, 6) is -4.23. The summed E-state index contributed by atoms with van der Waals surface area (Å²) < 4.78 is 55.2. The Morgan fingerprint density at radius 2 is 1.75 bits per heavy atom. The number of hydrogen-bond donors (Lipinski definition) is 2. The third-order valence-corrected chi connectivity index (χ3v) is 6.41. The van der Waals surface area contributed by atoms with Crippen LogP contribution in [-0.2, 0) is 32.1 Å². The number of ether oxygens (including phenoxy) is 2. The summed E-state index contributed by atoms with van der Waals surface area (Å²) in [5.41, 5.74) is -2.02. The van der Waals surface area contributed by atoms with Crippen molar-refractivity contribution in [1.82, 2.24) is 9.97 Å². The second-order valence-electron chi connectivity index (χ2n) is 7.69. The van der Waals surface area contributed by atoms with Crippen LogP contribution in [0.2, 0.25) is 0 Å². The Kier molecular flexibility index (Phi) is 8.68. The molecule has 3 aromatic rings. The average molecular weight is 594 g/mol. The van der Waals surface area contributed by atoms with Gasteiger partial charge in [0.1, 0.15) is 17.4 Å². The number of nitrogens with zero attached hydrogens (tertiary/aromatic N) is 5. The minimum atomic E-state index is -4.30. The number of carbonyl (C=O) groups is 1. The van der Waals surface area contributed by atoms with Crippen molar-refractivity contribution < 1.29 is 46.4 Å². The molecular weight excluding hydrogens is 578 g/mol. The molecule has 0 radical (unpaired) electrons. The fraction of sp³-hybridized carbons (Fsp3) is 0.143. The van der Waals surface area contributed by atoms with Crippen LogP contribution in [0.15, 0.2) is 52.5 Å². The minimum Gasteiger partial charge on any atom is -0.478 e. The number of nitro benzene ring substituents is 1. The van der Waals surface area contributed by atoms with E-state index < -0.39 is 83.3 Å². The molecule has 0 saturated carbocycles. The number of aromatic nitrogens is 2. The molecule has 19 heteroatoms. The van der Waals surface area contributed by atoms with E-state index in [-0.39, 0.29) is 16.0 Å². The molecule has 40 heavy (non-hydrogen) atoms. The van der Waals surface area contributed by atoms with E-state index in [4.69, 9.17) is 19.3 Å². The van der Waals surface area contributed by atoms with Gasteiger partial charge in [-0.1, -0.05) is 12.1 Å². The molecule has 1 aromatic heterocycles. The highest BCUT2D eigenvalue weighted by molar-refractivity contribution is 7.90. The van der Waals surface area contributed by atoms with Gasteiger partial charge in [-0.2, -0.15) is 15.2 Å². The van der Waals surface area contributed by atoms with E-state index in [0.29, 0.717) is 6.26 Å². The summed E-state index contributed by atoms with van der Waals surface area (Å²) in [6, 6.07) is 9.43. The molecule has 0 aliphatic rings. The summed E-state index contributed by atoms with van der Waals surface area (Å²) in [7, 11) is -4.30. The van der Waals surface area contributed by atoms with Crippen molar-refractivity contribution in [3.63, 3.8) is 0 Å². The van der Waals surface area contributed by atoms with Gasteiger partial charge in [0.15, 0.2) is 11.1 Å². The number of aliphatic carboxylic acids is 1. The van der Waals surface area contributed by atoms with Crippen LogP contribution in [0.4, 0.5) is 11.4 Å². The lowest BCUT2D eigenvalue weighted by molar-refractivity contribution is -0.387. The smallest absolute Gasteiger partial charge is 0.392 e. The summed E-state index contributed by atoms with van der Waals surface area (Å²) in [5, 5.41) is 40.9. The first-order chi connectivity index (χ1) is 18.7. The van der Waals surface area contributed by atoms with Crippen LogP contribution in [0, 0.1) is 31.6 Å². The fourth-order valence-electron chi connectivity index (χ4n) is 3.07. The molecule has 208 valence electrons. The van der Waals surface area contributed by atoms with Crippen LogP contribution in [0.5, 0.6) is 17.5 Å². The van der Waals surface area contributed by atoms with Gasteiger partial charge in [-0.15, -0.1) is 0 Å². The highest BCUT2D eigenvalue weighted by Crippen LogP contribution is 2.39. The van der Waals surface area contributed by atoms with Gasteiger partial charge in [-0.25, -0.2) is 17.4 Å². The molecule has 0 aliphatic heterocycles. The second kappa shape index (κ2) is 11.8. The van der Waals surface area contributed by atoms with Gasteiger partial charge >= 0.3 is 23.4 Å². The van der Waals surface area contributed by atoms with E-state index in [1.807, 2.05) is 0 Å². The van der Waals surface area contributed by atoms with Crippen molar-refractivity contribution in [3.8, 4) is 23.6 Å². The molecule has 1 heterocycles. The van der Waals surface area contributed by atoms with Gasteiger partial charge in [-0.3, -0.25) is 20.2 Å². The molecule has 0 aliphatic carbocycles. The van der Waals surface area contributed by atoms with E-state index in [9.17, 15) is 42.8 Å². The molecule has 0 saturated heterocycles. The Balaban J connectivity index is 2.11. The number of nitro groups is 2. The fourth-order valence-corrected chi connectivity index (χ4v) is 3.94. The SMILES string of the molecule is CS(=O)(=O)c1nc(Oc2ccc(C#N)c([N+](=O)[O-])c2)c([N+](=O)[O-])c(OC(Cc2ccc(S(=O)O)cc2)C(=O)O)n1. The Labute approximate surface area is 226 Å². The average Bonchev–Trinajstić information content (AvgIpc) is 2.87. The highest BCUT2D eigenvalue weighted by atomic mass is 32.2. The van der Waals surface area contributed by atoms with Gasteiger partial charge < -0.3 is 19.1 Å². The topological polar surface area (TPSA) is 263 Å². The zero-order valence-corrected chi connectivity index (χ0v) is 21.5. The van der Waals surface area contributed by atoms with E-state index >= 15 is 0 Å². The van der Waals surface area contributed by atoms with Crippen molar-refractivity contribution in [2.75, 3.05) is 6.26 Å². The third kappa shape index (κ3) is 6.87. The molecule has 17 nitrogen and oxygen atoms in total. The van der Waals surface area contributed by atoms with Crippen LogP contribution < -0.4 is 9.47 Å². The largest absolute Gasteiger partial charge is 0.478 e. The molecule has 0 spiro atoms. The Bertz CT molecular complexity index is 1690. The van der Waals surface area contributed by atoms with E-state index in [2.05, 4.69) is 9.97 Å². The van der Waals surface area contributed by atoms with Crippen molar-refractivity contribution in [1.29, 1.82) is 5.26 Å². The van der Waals surface area contributed by atoms with Gasteiger partial charge in [0.05, 0.1) is 20.8 Å². The number of carboxylic acid groups (broad SMARTS) is 1. The van der Waals surface area contributed by atoms with Crippen LogP contribution >= 0.6 is 0 Å². The maximum atomic E-state index is 12.2.